The second-order valence-corrected chi connectivity index (χ2v) is 5.08. The minimum absolute atomic E-state index is 0.110. The molecule has 1 aromatic heterocycles. The first-order valence-corrected chi connectivity index (χ1v) is 6.80. The molecule has 1 aromatic carbocycles. The molecule has 4 nitrogen and oxygen atoms in total. The van der Waals surface area contributed by atoms with E-state index >= 15 is 0 Å². The zero-order valence-electron chi connectivity index (χ0n) is 10.8. The average molecular weight is 300 g/mol. The molecular formula is C13H15Cl2N3O. The van der Waals surface area contributed by atoms with Gasteiger partial charge in [0.05, 0.1) is 10.0 Å². The maximum atomic E-state index is 6.18. The van der Waals surface area contributed by atoms with Gasteiger partial charge in [-0.15, -0.1) is 0 Å². The molecule has 0 spiro atoms. The van der Waals surface area contributed by atoms with Gasteiger partial charge in [-0.1, -0.05) is 40.5 Å². The van der Waals surface area contributed by atoms with Crippen LogP contribution < -0.4 is 5.32 Å². The van der Waals surface area contributed by atoms with Crippen LogP contribution in [-0.2, 0) is 6.42 Å². The van der Waals surface area contributed by atoms with E-state index in [1.165, 1.54) is 0 Å². The highest BCUT2D eigenvalue weighted by Gasteiger charge is 2.11. The van der Waals surface area contributed by atoms with Gasteiger partial charge in [0, 0.05) is 25.9 Å². The summed E-state index contributed by atoms with van der Waals surface area (Å²) in [5, 5.41) is 8.37. The molecule has 1 heterocycles. The van der Waals surface area contributed by atoms with Gasteiger partial charge in [-0.2, -0.15) is 4.98 Å². The highest BCUT2D eigenvalue weighted by atomic mass is 35.5. The third-order valence-electron chi connectivity index (χ3n) is 2.82. The van der Waals surface area contributed by atoms with Crippen LogP contribution in [0.3, 0.4) is 0 Å². The highest BCUT2D eigenvalue weighted by molar-refractivity contribution is 6.42. The van der Waals surface area contributed by atoms with Crippen LogP contribution in [0.15, 0.2) is 22.7 Å². The van der Waals surface area contributed by atoms with E-state index in [2.05, 4.69) is 15.5 Å². The van der Waals surface area contributed by atoms with Gasteiger partial charge in [0.15, 0.2) is 5.82 Å². The lowest BCUT2D eigenvalue weighted by molar-refractivity contribution is 0.386. The lowest BCUT2D eigenvalue weighted by Gasteiger charge is -2.15. The maximum Gasteiger partial charge on any atom is 0.223 e. The Kier molecular flexibility index (Phi) is 4.80. The Balaban J connectivity index is 1.90. The van der Waals surface area contributed by atoms with Gasteiger partial charge in [-0.25, -0.2) is 0 Å². The van der Waals surface area contributed by atoms with Crippen LogP contribution in [0.5, 0.6) is 0 Å². The summed E-state index contributed by atoms with van der Waals surface area (Å²) < 4.78 is 4.91. The molecule has 0 aliphatic heterocycles. The number of hydrogen-bond donors (Lipinski definition) is 1. The van der Waals surface area contributed by atoms with Crippen molar-refractivity contribution in [2.24, 2.45) is 0 Å². The van der Waals surface area contributed by atoms with Crippen LogP contribution in [-0.4, -0.2) is 16.7 Å². The van der Waals surface area contributed by atoms with Gasteiger partial charge in [-0.3, -0.25) is 0 Å². The normalized spacial score (nSPS) is 12.6. The first-order valence-electron chi connectivity index (χ1n) is 6.04. The van der Waals surface area contributed by atoms with Crippen molar-refractivity contribution in [1.29, 1.82) is 0 Å². The predicted octanol–water partition coefficient (Wildman–Crippen LogP) is 3.58. The van der Waals surface area contributed by atoms with Gasteiger partial charge in [0.1, 0.15) is 0 Å². The fraction of sp³-hybridized carbons (Fsp3) is 0.385. The van der Waals surface area contributed by atoms with Crippen LogP contribution in [0.25, 0.3) is 0 Å². The van der Waals surface area contributed by atoms with Crippen molar-refractivity contribution in [3.63, 3.8) is 0 Å². The number of nitrogens with zero attached hydrogens (tertiary/aromatic N) is 2. The number of rotatable bonds is 5. The highest BCUT2D eigenvalue weighted by Crippen LogP contribution is 2.29. The molecule has 0 fully saturated rings. The summed E-state index contributed by atoms with van der Waals surface area (Å²) in [4.78, 5) is 4.15. The predicted molar refractivity (Wildman–Crippen MR) is 75.6 cm³/mol. The molecule has 0 aliphatic rings. The molecule has 6 heteroatoms. The number of hydrogen-bond acceptors (Lipinski definition) is 4. The van der Waals surface area contributed by atoms with E-state index in [0.717, 1.165) is 12.1 Å². The molecule has 102 valence electrons. The Bertz CT molecular complexity index is 557. The van der Waals surface area contributed by atoms with Gasteiger partial charge >= 0.3 is 0 Å². The summed E-state index contributed by atoms with van der Waals surface area (Å²) in [6.45, 7) is 4.56. The van der Waals surface area contributed by atoms with Crippen molar-refractivity contribution < 1.29 is 4.52 Å². The third-order valence-corrected chi connectivity index (χ3v) is 3.65. The van der Waals surface area contributed by atoms with Crippen LogP contribution in [0.4, 0.5) is 0 Å². The Morgan fingerprint density at radius 3 is 2.84 bits per heavy atom. The van der Waals surface area contributed by atoms with Crippen molar-refractivity contribution in [2.75, 3.05) is 6.54 Å². The fourth-order valence-electron chi connectivity index (χ4n) is 1.81. The van der Waals surface area contributed by atoms with E-state index in [9.17, 15) is 0 Å². The standard InChI is InChI=1S/C13H15Cl2N3O/c1-8(10-4-3-5-11(14)13(10)15)16-7-6-12-17-9(2)19-18-12/h3-5,8,16H,6-7H2,1-2H3. The van der Waals surface area contributed by atoms with E-state index in [-0.39, 0.29) is 6.04 Å². The topological polar surface area (TPSA) is 51.0 Å². The van der Waals surface area contributed by atoms with Crippen molar-refractivity contribution in [3.05, 3.63) is 45.5 Å². The van der Waals surface area contributed by atoms with E-state index in [1.54, 1.807) is 13.0 Å². The second kappa shape index (κ2) is 6.37. The molecular weight excluding hydrogens is 285 g/mol. The Morgan fingerprint density at radius 1 is 1.37 bits per heavy atom. The van der Waals surface area contributed by atoms with Crippen LogP contribution in [0.1, 0.15) is 30.2 Å². The number of aromatic nitrogens is 2. The molecule has 19 heavy (non-hydrogen) atoms. The van der Waals surface area contributed by atoms with Crippen molar-refractivity contribution >= 4 is 23.2 Å². The average Bonchev–Trinajstić information content (AvgIpc) is 2.78. The van der Waals surface area contributed by atoms with E-state index in [4.69, 9.17) is 27.7 Å². The molecule has 2 aromatic rings. The molecule has 0 aliphatic carbocycles. The molecule has 0 bridgehead atoms. The summed E-state index contributed by atoms with van der Waals surface area (Å²) in [6.07, 6.45) is 0.708. The summed E-state index contributed by atoms with van der Waals surface area (Å²) in [6, 6.07) is 5.75. The van der Waals surface area contributed by atoms with E-state index in [1.807, 2.05) is 19.1 Å². The number of nitrogens with one attached hydrogen (secondary N) is 1. The van der Waals surface area contributed by atoms with Crippen molar-refractivity contribution in [2.45, 2.75) is 26.3 Å². The lowest BCUT2D eigenvalue weighted by Crippen LogP contribution is -2.22. The fourth-order valence-corrected chi connectivity index (χ4v) is 2.28. The third kappa shape index (κ3) is 3.69. The number of halogens is 2. The zero-order chi connectivity index (χ0) is 13.8. The SMILES string of the molecule is Cc1nc(CCNC(C)c2cccc(Cl)c2Cl)no1. The molecule has 1 atom stereocenters. The first-order chi connectivity index (χ1) is 9.08. The second-order valence-electron chi connectivity index (χ2n) is 4.30. The minimum atomic E-state index is 0.110. The molecule has 0 saturated carbocycles. The van der Waals surface area contributed by atoms with Gasteiger partial charge in [-0.05, 0) is 18.6 Å². The van der Waals surface area contributed by atoms with E-state index in [0.29, 0.717) is 28.2 Å². The monoisotopic (exact) mass is 299 g/mol. The number of benzene rings is 1. The molecule has 2 rings (SSSR count). The Morgan fingerprint density at radius 2 is 2.16 bits per heavy atom. The first kappa shape index (κ1) is 14.3. The Hall–Kier alpha value is -1.10. The summed E-state index contributed by atoms with van der Waals surface area (Å²) in [5.74, 6) is 1.29. The molecule has 0 radical (unpaired) electrons. The Labute approximate surface area is 122 Å². The largest absolute Gasteiger partial charge is 0.340 e. The van der Waals surface area contributed by atoms with Gasteiger partial charge < -0.3 is 9.84 Å². The summed E-state index contributed by atoms with van der Waals surface area (Å²) in [7, 11) is 0. The van der Waals surface area contributed by atoms with Gasteiger partial charge in [0.2, 0.25) is 5.89 Å². The summed E-state index contributed by atoms with van der Waals surface area (Å²) in [5.41, 5.74) is 0.985. The molecule has 0 amide bonds. The maximum absolute atomic E-state index is 6.18. The summed E-state index contributed by atoms with van der Waals surface area (Å²) >= 11 is 12.2. The van der Waals surface area contributed by atoms with E-state index < -0.39 is 0 Å². The van der Waals surface area contributed by atoms with Gasteiger partial charge in [0.25, 0.3) is 0 Å². The number of aryl methyl sites for hydroxylation is 1. The molecule has 1 unspecified atom stereocenters. The quantitative estimate of drug-likeness (QED) is 0.917. The van der Waals surface area contributed by atoms with Crippen molar-refractivity contribution in [1.82, 2.24) is 15.5 Å². The lowest BCUT2D eigenvalue weighted by atomic mass is 10.1. The molecule has 0 saturated heterocycles. The van der Waals surface area contributed by atoms with Crippen LogP contribution >= 0.6 is 23.2 Å². The van der Waals surface area contributed by atoms with Crippen LogP contribution in [0, 0.1) is 6.92 Å². The smallest absolute Gasteiger partial charge is 0.223 e. The zero-order valence-corrected chi connectivity index (χ0v) is 12.3. The van der Waals surface area contributed by atoms with Crippen LogP contribution in [0.2, 0.25) is 10.0 Å². The van der Waals surface area contributed by atoms with Crippen molar-refractivity contribution in [3.8, 4) is 0 Å². The minimum Gasteiger partial charge on any atom is -0.340 e. The molecule has 1 N–H and O–H groups in total.